The molecule has 1 saturated heterocycles. The predicted octanol–water partition coefficient (Wildman–Crippen LogP) is 2.49. The van der Waals surface area contributed by atoms with Gasteiger partial charge in [-0.15, -0.1) is 24.0 Å². The second kappa shape index (κ2) is 12.3. The van der Waals surface area contributed by atoms with Crippen LogP contribution in [0.5, 0.6) is 0 Å². The molecule has 2 rings (SSSR count). The van der Waals surface area contributed by atoms with Gasteiger partial charge in [-0.05, 0) is 39.2 Å². The number of aromatic nitrogens is 1. The molecule has 26 heavy (non-hydrogen) atoms. The standard InChI is InChI=1S/C19H32N4O2.HI/c1-4-20-19(22-13-10-17(14-22)15-25-3)21-11-5-6-12-23-16(2)8-7-9-18(23)24;/h7-9,17H,4-6,10-15H2,1-3H3,(H,20,21);1H. The Kier molecular flexibility index (Phi) is 10.9. The number of nitrogens with one attached hydrogen (secondary N) is 1. The molecule has 0 saturated carbocycles. The lowest BCUT2D eigenvalue weighted by Crippen LogP contribution is -2.40. The molecule has 0 aliphatic carbocycles. The number of nitrogens with zero attached hydrogens (tertiary/aromatic N) is 3. The van der Waals surface area contributed by atoms with E-state index in [1.807, 2.05) is 23.6 Å². The minimum atomic E-state index is 0. The number of unbranched alkanes of at least 4 members (excludes halogenated alkanes) is 1. The van der Waals surface area contributed by atoms with E-state index in [9.17, 15) is 4.79 Å². The second-order valence-electron chi connectivity index (χ2n) is 6.66. The van der Waals surface area contributed by atoms with Gasteiger partial charge in [0, 0.05) is 57.5 Å². The molecule has 0 spiro atoms. The largest absolute Gasteiger partial charge is 0.384 e. The molecule has 6 nitrogen and oxygen atoms in total. The van der Waals surface area contributed by atoms with Crippen LogP contribution in [0, 0.1) is 12.8 Å². The SMILES string of the molecule is CCNC(=NCCCCn1c(C)cccc1=O)N1CCC(COC)C1.I. The number of ether oxygens (including phenoxy) is 1. The van der Waals surface area contributed by atoms with Gasteiger partial charge in [-0.1, -0.05) is 6.07 Å². The van der Waals surface area contributed by atoms with Crippen LogP contribution in [0.1, 0.15) is 31.9 Å². The third-order valence-electron chi connectivity index (χ3n) is 4.64. The van der Waals surface area contributed by atoms with Gasteiger partial charge in [0.05, 0.1) is 6.61 Å². The van der Waals surface area contributed by atoms with Gasteiger partial charge >= 0.3 is 0 Å². The molecule has 1 N–H and O–H groups in total. The Labute approximate surface area is 174 Å². The first-order chi connectivity index (χ1) is 12.2. The Morgan fingerprint density at radius 2 is 2.19 bits per heavy atom. The molecule has 0 aromatic carbocycles. The summed E-state index contributed by atoms with van der Waals surface area (Å²) in [4.78, 5) is 19.0. The number of aliphatic imine (C=N–C) groups is 1. The van der Waals surface area contributed by atoms with Crippen molar-refractivity contribution in [3.63, 3.8) is 0 Å². The summed E-state index contributed by atoms with van der Waals surface area (Å²) < 4.78 is 7.11. The van der Waals surface area contributed by atoms with Gasteiger partial charge in [0.1, 0.15) is 0 Å². The summed E-state index contributed by atoms with van der Waals surface area (Å²) in [6.07, 6.45) is 3.10. The molecule has 0 amide bonds. The first kappa shape index (κ1) is 23.0. The van der Waals surface area contributed by atoms with E-state index >= 15 is 0 Å². The number of pyridine rings is 1. The van der Waals surface area contributed by atoms with E-state index in [0.29, 0.717) is 5.92 Å². The number of methoxy groups -OCH3 is 1. The van der Waals surface area contributed by atoms with Crippen LogP contribution in [-0.2, 0) is 11.3 Å². The highest BCUT2D eigenvalue weighted by atomic mass is 127. The average Bonchev–Trinajstić information content (AvgIpc) is 3.05. The third-order valence-corrected chi connectivity index (χ3v) is 4.64. The number of likely N-dealkylation sites (tertiary alicyclic amines) is 1. The van der Waals surface area contributed by atoms with Crippen LogP contribution in [0.4, 0.5) is 0 Å². The van der Waals surface area contributed by atoms with E-state index in [1.165, 1.54) is 0 Å². The van der Waals surface area contributed by atoms with Crippen LogP contribution in [0.25, 0.3) is 0 Å². The Bertz CT molecular complexity index is 618. The van der Waals surface area contributed by atoms with Crippen molar-refractivity contribution >= 4 is 29.9 Å². The van der Waals surface area contributed by atoms with Crippen molar-refractivity contribution < 1.29 is 4.74 Å². The number of halogens is 1. The van der Waals surface area contributed by atoms with Gasteiger partial charge in [-0.25, -0.2) is 0 Å². The zero-order valence-corrected chi connectivity index (χ0v) is 18.6. The fourth-order valence-corrected chi connectivity index (χ4v) is 3.30. The quantitative estimate of drug-likeness (QED) is 0.271. The molecule has 148 valence electrons. The zero-order valence-electron chi connectivity index (χ0n) is 16.2. The van der Waals surface area contributed by atoms with Gasteiger partial charge < -0.3 is 19.5 Å². The predicted molar refractivity (Wildman–Crippen MR) is 118 cm³/mol. The van der Waals surface area contributed by atoms with Gasteiger partial charge in [0.25, 0.3) is 5.56 Å². The molecular weight excluding hydrogens is 443 g/mol. The summed E-state index contributed by atoms with van der Waals surface area (Å²) in [5, 5.41) is 3.39. The van der Waals surface area contributed by atoms with Gasteiger partial charge in [0.15, 0.2) is 5.96 Å². The van der Waals surface area contributed by atoms with Crippen molar-refractivity contribution in [2.45, 2.75) is 39.7 Å². The summed E-state index contributed by atoms with van der Waals surface area (Å²) in [5.74, 6) is 1.61. The summed E-state index contributed by atoms with van der Waals surface area (Å²) in [6.45, 7) is 9.38. The fraction of sp³-hybridized carbons (Fsp3) is 0.684. The Morgan fingerprint density at radius 1 is 1.38 bits per heavy atom. The van der Waals surface area contributed by atoms with Crippen molar-refractivity contribution in [3.05, 3.63) is 34.2 Å². The number of rotatable bonds is 8. The normalized spacial score (nSPS) is 17.3. The van der Waals surface area contributed by atoms with Crippen molar-refractivity contribution in [3.8, 4) is 0 Å². The lowest BCUT2D eigenvalue weighted by atomic mass is 10.1. The van der Waals surface area contributed by atoms with E-state index in [1.54, 1.807) is 13.2 Å². The minimum Gasteiger partial charge on any atom is -0.384 e. The maximum atomic E-state index is 11.9. The van der Waals surface area contributed by atoms with Crippen molar-refractivity contribution in [1.82, 2.24) is 14.8 Å². The summed E-state index contributed by atoms with van der Waals surface area (Å²) in [5.41, 5.74) is 1.10. The molecular formula is C19H33IN4O2. The summed E-state index contributed by atoms with van der Waals surface area (Å²) >= 11 is 0. The highest BCUT2D eigenvalue weighted by Crippen LogP contribution is 2.16. The number of hydrogen-bond donors (Lipinski definition) is 1. The second-order valence-corrected chi connectivity index (χ2v) is 6.66. The van der Waals surface area contributed by atoms with E-state index in [0.717, 1.165) is 70.2 Å². The maximum absolute atomic E-state index is 11.9. The van der Waals surface area contributed by atoms with Crippen LogP contribution in [0.3, 0.4) is 0 Å². The molecule has 7 heteroatoms. The van der Waals surface area contributed by atoms with Crippen molar-refractivity contribution in [2.24, 2.45) is 10.9 Å². The van der Waals surface area contributed by atoms with Crippen molar-refractivity contribution in [2.75, 3.05) is 39.9 Å². The van der Waals surface area contributed by atoms with Crippen LogP contribution in [-0.4, -0.2) is 55.3 Å². The molecule has 0 bridgehead atoms. The molecule has 1 unspecified atom stereocenters. The highest BCUT2D eigenvalue weighted by Gasteiger charge is 2.24. The summed E-state index contributed by atoms with van der Waals surface area (Å²) in [6, 6.07) is 5.42. The van der Waals surface area contributed by atoms with Gasteiger partial charge in [-0.2, -0.15) is 0 Å². The molecule has 1 fully saturated rings. The van der Waals surface area contributed by atoms with Crippen LogP contribution < -0.4 is 10.9 Å². The Balaban J connectivity index is 0.00000338. The van der Waals surface area contributed by atoms with Crippen LogP contribution in [0.15, 0.2) is 28.0 Å². The first-order valence-electron chi connectivity index (χ1n) is 9.34. The molecule has 1 aromatic heterocycles. The van der Waals surface area contributed by atoms with Crippen LogP contribution >= 0.6 is 24.0 Å². The molecule has 0 radical (unpaired) electrons. The Morgan fingerprint density at radius 3 is 2.88 bits per heavy atom. The molecule has 1 aliphatic heterocycles. The van der Waals surface area contributed by atoms with Crippen LogP contribution in [0.2, 0.25) is 0 Å². The minimum absolute atomic E-state index is 0. The average molecular weight is 476 g/mol. The number of aryl methyl sites for hydroxylation is 1. The zero-order chi connectivity index (χ0) is 18.1. The lowest BCUT2D eigenvalue weighted by Gasteiger charge is -2.21. The highest BCUT2D eigenvalue weighted by molar-refractivity contribution is 14.0. The van der Waals surface area contributed by atoms with E-state index in [4.69, 9.17) is 9.73 Å². The Hall–Kier alpha value is -1.09. The van der Waals surface area contributed by atoms with E-state index in [-0.39, 0.29) is 29.5 Å². The fourth-order valence-electron chi connectivity index (χ4n) is 3.30. The van der Waals surface area contributed by atoms with E-state index in [2.05, 4.69) is 17.1 Å². The monoisotopic (exact) mass is 476 g/mol. The maximum Gasteiger partial charge on any atom is 0.250 e. The molecule has 1 atom stereocenters. The van der Waals surface area contributed by atoms with Gasteiger partial charge in [-0.3, -0.25) is 9.79 Å². The van der Waals surface area contributed by atoms with Crippen molar-refractivity contribution in [1.29, 1.82) is 0 Å². The summed E-state index contributed by atoms with van der Waals surface area (Å²) in [7, 11) is 1.77. The van der Waals surface area contributed by atoms with Gasteiger partial charge in [0.2, 0.25) is 0 Å². The third kappa shape index (κ3) is 6.90. The number of hydrogen-bond acceptors (Lipinski definition) is 3. The lowest BCUT2D eigenvalue weighted by molar-refractivity contribution is 0.157. The number of guanidine groups is 1. The topological polar surface area (TPSA) is 58.9 Å². The van der Waals surface area contributed by atoms with E-state index < -0.39 is 0 Å². The molecule has 1 aliphatic rings. The molecule has 1 aromatic rings. The molecule has 2 heterocycles. The smallest absolute Gasteiger partial charge is 0.250 e. The first-order valence-corrected chi connectivity index (χ1v) is 9.34.